The highest BCUT2D eigenvalue weighted by molar-refractivity contribution is 6.03. The van der Waals surface area contributed by atoms with Crippen molar-refractivity contribution in [3.8, 4) is 28.1 Å². The van der Waals surface area contributed by atoms with Crippen LogP contribution in [0.15, 0.2) is 60.9 Å². The molecule has 0 radical (unpaired) electrons. The summed E-state index contributed by atoms with van der Waals surface area (Å²) < 4.78 is 36.4. The zero-order valence-corrected chi connectivity index (χ0v) is 22.2. The molecule has 3 heterocycles. The van der Waals surface area contributed by atoms with Gasteiger partial charge in [-0.1, -0.05) is 38.1 Å². The number of β-amino-alcohol motifs (C(OH)–C–C–N with tert-alkyl or cyclic N) is 1. The molecule has 2 N–H and O–H groups in total. The number of rotatable bonds is 9. The third-order valence-corrected chi connectivity index (χ3v) is 6.97. The van der Waals surface area contributed by atoms with Crippen LogP contribution < -0.4 is 4.74 Å². The van der Waals surface area contributed by atoms with E-state index in [9.17, 15) is 23.8 Å². The fourth-order valence-corrected chi connectivity index (χ4v) is 4.82. The number of aliphatic hydroxyl groups is 2. The second-order valence-electron chi connectivity index (χ2n) is 10.0. The summed E-state index contributed by atoms with van der Waals surface area (Å²) in [6.07, 6.45) is 2.25. The van der Waals surface area contributed by atoms with E-state index in [1.165, 1.54) is 11.0 Å². The molecule has 0 spiro atoms. The van der Waals surface area contributed by atoms with E-state index in [1.54, 1.807) is 61.3 Å². The van der Waals surface area contributed by atoms with E-state index in [0.717, 1.165) is 5.56 Å². The van der Waals surface area contributed by atoms with Crippen molar-refractivity contribution in [1.82, 2.24) is 19.7 Å². The average Bonchev–Trinajstić information content (AvgIpc) is 3.36. The number of amides is 1. The van der Waals surface area contributed by atoms with E-state index < -0.39 is 24.3 Å². The molecule has 1 aliphatic heterocycles. The van der Waals surface area contributed by atoms with E-state index in [4.69, 9.17) is 9.84 Å². The molecule has 1 atom stereocenters. The number of hydrogen-bond acceptors (Lipinski definition) is 6. The van der Waals surface area contributed by atoms with Crippen LogP contribution in [-0.4, -0.2) is 61.6 Å². The smallest absolute Gasteiger partial charge is 0.272 e. The quantitative estimate of drug-likeness (QED) is 0.322. The Labute approximate surface area is 230 Å². The Hall–Kier alpha value is -4.15. The zero-order chi connectivity index (χ0) is 28.4. The minimum Gasteiger partial charge on any atom is -0.489 e. The molecule has 0 saturated carbocycles. The molecule has 1 unspecified atom stereocenters. The molecule has 2 aromatic heterocycles. The number of benzene rings is 2. The van der Waals surface area contributed by atoms with Gasteiger partial charge >= 0.3 is 0 Å². The average molecular weight is 549 g/mol. The highest BCUT2D eigenvalue weighted by atomic mass is 19.2. The number of carbonyl (C=O) groups excluding carboxylic acids is 1. The van der Waals surface area contributed by atoms with Crippen LogP contribution in [0.1, 0.15) is 41.4 Å². The van der Waals surface area contributed by atoms with Crippen LogP contribution in [0.5, 0.6) is 5.75 Å². The van der Waals surface area contributed by atoms with Crippen molar-refractivity contribution in [2.75, 3.05) is 19.7 Å². The monoisotopic (exact) mass is 548 g/mol. The third-order valence-electron chi connectivity index (χ3n) is 6.97. The first kappa shape index (κ1) is 27.4. The third kappa shape index (κ3) is 5.32. The van der Waals surface area contributed by atoms with Gasteiger partial charge in [0, 0.05) is 42.2 Å². The summed E-state index contributed by atoms with van der Waals surface area (Å²) in [5.41, 5.74) is 3.52. The molecular formula is C30H30F2N4O4. The van der Waals surface area contributed by atoms with Crippen LogP contribution in [0, 0.1) is 11.6 Å². The van der Waals surface area contributed by atoms with Crippen molar-refractivity contribution < 1.29 is 28.5 Å². The Morgan fingerprint density at radius 3 is 2.38 bits per heavy atom. The predicted octanol–water partition coefficient (Wildman–Crippen LogP) is 4.40. The van der Waals surface area contributed by atoms with Crippen molar-refractivity contribution in [2.24, 2.45) is 0 Å². The Morgan fingerprint density at radius 2 is 1.70 bits per heavy atom. The SMILES string of the molecule is CC(C)c1ccc(COc2ccc(-c3c(-c4ccncc4)nn4c3C(=O)N(CC(O)CO)CC4)cc2)c(F)c1F. The molecule has 4 aromatic rings. The molecule has 0 fully saturated rings. The van der Waals surface area contributed by atoms with Crippen molar-refractivity contribution >= 4 is 5.91 Å². The summed E-state index contributed by atoms with van der Waals surface area (Å²) in [7, 11) is 0. The molecule has 0 saturated heterocycles. The number of aromatic nitrogens is 3. The van der Waals surface area contributed by atoms with Crippen LogP contribution in [0.25, 0.3) is 22.4 Å². The maximum Gasteiger partial charge on any atom is 0.272 e. The molecule has 1 aliphatic rings. The molecule has 0 aliphatic carbocycles. The van der Waals surface area contributed by atoms with Crippen LogP contribution >= 0.6 is 0 Å². The summed E-state index contributed by atoms with van der Waals surface area (Å²) in [6.45, 7) is 3.80. The second-order valence-corrected chi connectivity index (χ2v) is 10.0. The van der Waals surface area contributed by atoms with E-state index in [-0.39, 0.29) is 30.5 Å². The van der Waals surface area contributed by atoms with Gasteiger partial charge in [0.25, 0.3) is 5.91 Å². The minimum absolute atomic E-state index is 0.00657. The highest BCUT2D eigenvalue weighted by Gasteiger charge is 2.33. The Balaban J connectivity index is 1.45. The predicted molar refractivity (Wildman–Crippen MR) is 145 cm³/mol. The second kappa shape index (κ2) is 11.5. The summed E-state index contributed by atoms with van der Waals surface area (Å²) in [4.78, 5) is 19.1. The van der Waals surface area contributed by atoms with Crippen molar-refractivity contribution in [3.63, 3.8) is 0 Å². The molecule has 208 valence electrons. The van der Waals surface area contributed by atoms with Crippen LogP contribution in [-0.2, 0) is 13.2 Å². The topological polar surface area (TPSA) is 101 Å². The lowest BCUT2D eigenvalue weighted by atomic mass is 9.98. The van der Waals surface area contributed by atoms with Gasteiger partial charge in [-0.15, -0.1) is 0 Å². The maximum atomic E-state index is 14.6. The number of halogens is 2. The minimum atomic E-state index is -1.04. The number of ether oxygens (including phenoxy) is 1. The summed E-state index contributed by atoms with van der Waals surface area (Å²) >= 11 is 0. The lowest BCUT2D eigenvalue weighted by Crippen LogP contribution is -2.45. The van der Waals surface area contributed by atoms with Gasteiger partial charge in [-0.05, 0) is 41.3 Å². The fraction of sp³-hybridized carbons (Fsp3) is 0.300. The molecule has 10 heteroatoms. The van der Waals surface area contributed by atoms with Gasteiger partial charge in [0.2, 0.25) is 0 Å². The molecule has 40 heavy (non-hydrogen) atoms. The number of fused-ring (bicyclic) bond motifs is 1. The molecule has 1 amide bonds. The Kier molecular flexibility index (Phi) is 7.90. The fourth-order valence-electron chi connectivity index (χ4n) is 4.82. The van der Waals surface area contributed by atoms with Gasteiger partial charge in [-0.25, -0.2) is 8.78 Å². The Morgan fingerprint density at radius 1 is 0.975 bits per heavy atom. The molecule has 5 rings (SSSR count). The zero-order valence-electron chi connectivity index (χ0n) is 22.2. The van der Waals surface area contributed by atoms with Crippen LogP contribution in [0.3, 0.4) is 0 Å². The van der Waals surface area contributed by atoms with Gasteiger partial charge in [0.15, 0.2) is 11.6 Å². The standard InChI is InChI=1S/C30H30F2N4O4/c1-18(2)24-8-5-21(26(31)27(24)32)17-40-23-6-3-19(4-7-23)25-28(20-9-11-33-12-10-20)34-36-14-13-35(15-22(38)16-37)30(39)29(25)36/h3-12,18,22,37-38H,13-17H2,1-2H3. The first-order valence-electron chi connectivity index (χ1n) is 13.1. The number of nitrogens with zero attached hydrogens (tertiary/aromatic N) is 4. The largest absolute Gasteiger partial charge is 0.489 e. The Bertz CT molecular complexity index is 1510. The molecule has 2 aromatic carbocycles. The number of carbonyl (C=O) groups is 1. The molecule has 8 nitrogen and oxygen atoms in total. The highest BCUT2D eigenvalue weighted by Crippen LogP contribution is 2.37. The first-order valence-corrected chi connectivity index (χ1v) is 13.1. The molecule has 0 bridgehead atoms. The van der Waals surface area contributed by atoms with E-state index >= 15 is 0 Å². The van der Waals surface area contributed by atoms with Gasteiger partial charge < -0.3 is 19.8 Å². The van der Waals surface area contributed by atoms with Crippen LogP contribution in [0.4, 0.5) is 8.78 Å². The van der Waals surface area contributed by atoms with Crippen LogP contribution in [0.2, 0.25) is 0 Å². The normalized spacial score (nSPS) is 14.0. The summed E-state index contributed by atoms with van der Waals surface area (Å²) in [5.74, 6) is -1.76. The van der Waals surface area contributed by atoms with Gasteiger partial charge in [0.1, 0.15) is 23.7 Å². The van der Waals surface area contributed by atoms with E-state index in [2.05, 4.69) is 4.98 Å². The maximum absolute atomic E-state index is 14.6. The summed E-state index contributed by atoms with van der Waals surface area (Å²) in [6, 6.07) is 13.7. The number of pyridine rings is 1. The number of hydrogen-bond donors (Lipinski definition) is 2. The summed E-state index contributed by atoms with van der Waals surface area (Å²) in [5, 5.41) is 24.0. The van der Waals surface area contributed by atoms with Crippen molar-refractivity contribution in [1.29, 1.82) is 0 Å². The van der Waals surface area contributed by atoms with E-state index in [1.807, 2.05) is 12.1 Å². The van der Waals surface area contributed by atoms with Gasteiger partial charge in [-0.3, -0.25) is 14.5 Å². The van der Waals surface area contributed by atoms with Crippen molar-refractivity contribution in [3.05, 3.63) is 89.4 Å². The van der Waals surface area contributed by atoms with Crippen molar-refractivity contribution in [2.45, 2.75) is 39.0 Å². The lowest BCUT2D eigenvalue weighted by molar-refractivity contribution is 0.0406. The first-order chi connectivity index (χ1) is 19.3. The number of aliphatic hydroxyl groups excluding tert-OH is 2. The van der Waals surface area contributed by atoms with E-state index in [0.29, 0.717) is 46.9 Å². The van der Waals surface area contributed by atoms with Gasteiger partial charge in [0.05, 0.1) is 19.3 Å². The lowest BCUT2D eigenvalue weighted by Gasteiger charge is -2.29. The van der Waals surface area contributed by atoms with Gasteiger partial charge in [-0.2, -0.15) is 5.10 Å². The molecular weight excluding hydrogens is 518 g/mol.